The van der Waals surface area contributed by atoms with E-state index in [0.29, 0.717) is 22.8 Å². The second-order valence-electron chi connectivity index (χ2n) is 11.0. The number of fused-ring (bicyclic) bond motifs is 1. The molecule has 0 atom stereocenters. The number of urea groups is 1. The van der Waals surface area contributed by atoms with Gasteiger partial charge in [-0.2, -0.15) is 10.2 Å². The van der Waals surface area contributed by atoms with Gasteiger partial charge in [0.2, 0.25) is 0 Å². The van der Waals surface area contributed by atoms with Crippen molar-refractivity contribution in [1.82, 2.24) is 29.4 Å². The predicted molar refractivity (Wildman–Crippen MR) is 164 cm³/mol. The molecule has 1 aliphatic rings. The summed E-state index contributed by atoms with van der Waals surface area (Å²) in [6, 6.07) is 13.6. The summed E-state index contributed by atoms with van der Waals surface area (Å²) in [7, 11) is 3.94. The van der Waals surface area contributed by atoms with E-state index in [2.05, 4.69) is 44.8 Å². The van der Waals surface area contributed by atoms with Crippen molar-refractivity contribution in [3.05, 3.63) is 90.3 Å². The molecule has 6 rings (SSSR count). The van der Waals surface area contributed by atoms with Crippen LogP contribution < -0.4 is 15.4 Å². The fourth-order valence-electron chi connectivity index (χ4n) is 5.06. The van der Waals surface area contributed by atoms with Crippen LogP contribution in [-0.4, -0.2) is 49.1 Å². The van der Waals surface area contributed by atoms with Gasteiger partial charge in [-0.1, -0.05) is 12.1 Å². The highest BCUT2D eigenvalue weighted by Gasteiger charge is 2.19. The minimum absolute atomic E-state index is 0.0197. The molecule has 0 unspecified atom stereocenters. The smallest absolute Gasteiger partial charge is 0.323 e. The lowest BCUT2D eigenvalue weighted by Crippen LogP contribution is -2.26. The SMILES string of the molecule is CC(C)n1cc(NC(=O)Nc2ccc(Oc3ccnc(-c4cnn(C)c4)c3)cc2F)c(-c2ccc3c(c2)CCN(C)C3)n1. The lowest BCUT2D eigenvalue weighted by molar-refractivity contribution is 0.262. The minimum atomic E-state index is -0.632. The summed E-state index contributed by atoms with van der Waals surface area (Å²) in [5.74, 6) is 0.147. The van der Waals surface area contributed by atoms with E-state index < -0.39 is 11.8 Å². The lowest BCUT2D eigenvalue weighted by atomic mass is 9.96. The molecule has 2 N–H and O–H groups in total. The van der Waals surface area contributed by atoms with E-state index in [9.17, 15) is 4.79 Å². The molecular weight excluding hydrogens is 547 g/mol. The number of amides is 2. The summed E-state index contributed by atoms with van der Waals surface area (Å²) < 4.78 is 24.4. The first-order valence-electron chi connectivity index (χ1n) is 14.1. The summed E-state index contributed by atoms with van der Waals surface area (Å²) in [6.45, 7) is 5.95. The van der Waals surface area contributed by atoms with E-state index in [1.54, 1.807) is 41.5 Å². The highest BCUT2D eigenvalue weighted by molar-refractivity contribution is 6.02. The maximum absolute atomic E-state index is 15.1. The first kappa shape index (κ1) is 28.1. The number of carbonyl (C=O) groups is 1. The van der Waals surface area contributed by atoms with Gasteiger partial charge < -0.3 is 20.3 Å². The lowest BCUT2D eigenvalue weighted by Gasteiger charge is -2.25. The van der Waals surface area contributed by atoms with Gasteiger partial charge in [-0.25, -0.2) is 9.18 Å². The first-order chi connectivity index (χ1) is 20.7. The summed E-state index contributed by atoms with van der Waals surface area (Å²) >= 11 is 0. The molecular formula is C32H33FN8O2. The largest absolute Gasteiger partial charge is 0.457 e. The Morgan fingerprint density at radius 1 is 0.953 bits per heavy atom. The van der Waals surface area contributed by atoms with Crippen molar-refractivity contribution in [3.63, 3.8) is 0 Å². The summed E-state index contributed by atoms with van der Waals surface area (Å²) in [4.78, 5) is 19.7. The van der Waals surface area contributed by atoms with Crippen LogP contribution in [0.2, 0.25) is 0 Å². The molecule has 11 heteroatoms. The quantitative estimate of drug-likeness (QED) is 0.228. The van der Waals surface area contributed by atoms with Gasteiger partial charge in [-0.05, 0) is 62.7 Å². The summed E-state index contributed by atoms with van der Waals surface area (Å²) in [5, 5.41) is 14.4. The van der Waals surface area contributed by atoms with Gasteiger partial charge in [-0.3, -0.25) is 14.3 Å². The van der Waals surface area contributed by atoms with Crippen molar-refractivity contribution in [2.24, 2.45) is 7.05 Å². The zero-order valence-electron chi connectivity index (χ0n) is 24.5. The molecule has 0 fully saturated rings. The van der Waals surface area contributed by atoms with Crippen LogP contribution in [-0.2, 0) is 20.0 Å². The van der Waals surface area contributed by atoms with Crippen LogP contribution in [0.1, 0.15) is 31.0 Å². The Kier molecular flexibility index (Phi) is 7.64. The molecule has 0 radical (unpaired) electrons. The molecule has 0 aliphatic carbocycles. The molecule has 0 spiro atoms. The van der Waals surface area contributed by atoms with Crippen LogP contribution in [0.4, 0.5) is 20.6 Å². The number of carbonyl (C=O) groups excluding carboxylic acids is 1. The van der Waals surface area contributed by atoms with Gasteiger partial charge in [0, 0.05) is 68.0 Å². The number of hydrogen-bond acceptors (Lipinski definition) is 6. The molecule has 3 aromatic heterocycles. The highest BCUT2D eigenvalue weighted by Crippen LogP contribution is 2.32. The van der Waals surface area contributed by atoms with Crippen LogP contribution in [0, 0.1) is 5.82 Å². The van der Waals surface area contributed by atoms with E-state index in [0.717, 1.165) is 30.6 Å². The average molecular weight is 581 g/mol. The van der Waals surface area contributed by atoms with Crippen LogP contribution in [0.5, 0.6) is 11.5 Å². The molecule has 0 bridgehead atoms. The standard InChI is InChI=1S/C32H33FN8O2/c1-20(2)41-19-30(31(38-41)22-5-6-23-17-39(3)12-10-21(23)13-22)37-32(42)36-28-8-7-25(14-27(28)33)43-26-9-11-34-29(15-26)24-16-35-40(4)18-24/h5-9,11,13-16,18-20H,10,12,17H2,1-4H3,(H2,36,37,42). The van der Waals surface area contributed by atoms with Crippen LogP contribution in [0.3, 0.4) is 0 Å². The van der Waals surface area contributed by atoms with Crippen LogP contribution >= 0.6 is 0 Å². The number of rotatable bonds is 7. The minimum Gasteiger partial charge on any atom is -0.457 e. The van der Waals surface area contributed by atoms with E-state index in [1.807, 2.05) is 37.8 Å². The van der Waals surface area contributed by atoms with Crippen molar-refractivity contribution in [2.45, 2.75) is 32.9 Å². The summed E-state index contributed by atoms with van der Waals surface area (Å²) in [5.41, 5.74) is 6.26. The van der Waals surface area contributed by atoms with E-state index in [-0.39, 0.29) is 17.5 Å². The molecule has 43 heavy (non-hydrogen) atoms. The molecule has 5 aromatic rings. The zero-order valence-corrected chi connectivity index (χ0v) is 24.5. The third-order valence-corrected chi connectivity index (χ3v) is 7.35. The molecule has 220 valence electrons. The van der Waals surface area contributed by atoms with Crippen LogP contribution in [0.25, 0.3) is 22.5 Å². The van der Waals surface area contributed by atoms with Gasteiger partial charge in [0.1, 0.15) is 23.0 Å². The number of nitrogens with zero attached hydrogens (tertiary/aromatic N) is 6. The number of halogens is 1. The Balaban J connectivity index is 1.16. The van der Waals surface area contributed by atoms with Crippen molar-refractivity contribution in [1.29, 1.82) is 0 Å². The third-order valence-electron chi connectivity index (χ3n) is 7.35. The Hall–Kier alpha value is -5.03. The number of pyridine rings is 1. The maximum atomic E-state index is 15.1. The molecule has 0 saturated heterocycles. The molecule has 1 aliphatic heterocycles. The second kappa shape index (κ2) is 11.7. The van der Waals surface area contributed by atoms with Gasteiger partial charge in [0.15, 0.2) is 0 Å². The summed E-state index contributed by atoms with van der Waals surface area (Å²) in [6.07, 6.45) is 7.93. The Bertz CT molecular complexity index is 1790. The number of ether oxygens (including phenoxy) is 1. The molecule has 2 amide bonds. The molecule has 2 aromatic carbocycles. The Morgan fingerprint density at radius 3 is 2.53 bits per heavy atom. The monoisotopic (exact) mass is 580 g/mol. The zero-order chi connectivity index (χ0) is 30.1. The number of anilines is 2. The molecule has 10 nitrogen and oxygen atoms in total. The highest BCUT2D eigenvalue weighted by atomic mass is 19.1. The number of likely N-dealkylation sites (N-methyl/N-ethyl adjacent to an activating group) is 1. The van der Waals surface area contributed by atoms with Gasteiger partial charge in [-0.15, -0.1) is 0 Å². The molecule has 0 saturated carbocycles. The number of aromatic nitrogens is 5. The van der Waals surface area contributed by atoms with Gasteiger partial charge in [0.25, 0.3) is 0 Å². The normalized spacial score (nSPS) is 13.2. The fourth-order valence-corrected chi connectivity index (χ4v) is 5.06. The first-order valence-corrected chi connectivity index (χ1v) is 14.1. The van der Waals surface area contributed by atoms with Crippen molar-refractivity contribution in [2.75, 3.05) is 24.2 Å². The van der Waals surface area contributed by atoms with Gasteiger partial charge >= 0.3 is 6.03 Å². The van der Waals surface area contributed by atoms with Crippen molar-refractivity contribution >= 4 is 17.4 Å². The Labute approximate surface area is 249 Å². The van der Waals surface area contributed by atoms with Gasteiger partial charge in [0.05, 0.1) is 23.3 Å². The second-order valence-corrected chi connectivity index (χ2v) is 11.0. The molecule has 4 heterocycles. The number of benzene rings is 2. The third kappa shape index (κ3) is 6.26. The van der Waals surface area contributed by atoms with Crippen LogP contribution in [0.15, 0.2) is 73.3 Å². The maximum Gasteiger partial charge on any atom is 0.323 e. The predicted octanol–water partition coefficient (Wildman–Crippen LogP) is 6.49. The van der Waals surface area contributed by atoms with E-state index in [4.69, 9.17) is 9.84 Å². The van der Waals surface area contributed by atoms with Crippen molar-refractivity contribution < 1.29 is 13.9 Å². The number of nitrogens with one attached hydrogen (secondary N) is 2. The Morgan fingerprint density at radius 2 is 1.77 bits per heavy atom. The van der Waals surface area contributed by atoms with E-state index in [1.165, 1.54) is 23.3 Å². The van der Waals surface area contributed by atoms with E-state index >= 15 is 4.39 Å². The topological polar surface area (TPSA) is 102 Å². The fraction of sp³-hybridized carbons (Fsp3) is 0.250. The van der Waals surface area contributed by atoms with Crippen molar-refractivity contribution in [3.8, 4) is 34.0 Å². The average Bonchev–Trinajstić information content (AvgIpc) is 3.61. The number of hydrogen-bond donors (Lipinski definition) is 2. The number of aryl methyl sites for hydroxylation is 1.